The van der Waals surface area contributed by atoms with E-state index in [-0.39, 0.29) is 24.0 Å². The molecule has 0 aliphatic carbocycles. The van der Waals surface area contributed by atoms with Crippen LogP contribution in [0.1, 0.15) is 43.7 Å². The number of hydrogen-bond donors (Lipinski definition) is 2. The number of aliphatic imine (C=N–C) groups is 1. The van der Waals surface area contributed by atoms with Crippen LogP contribution < -0.4 is 15.5 Å². The van der Waals surface area contributed by atoms with Crippen molar-refractivity contribution >= 4 is 46.3 Å². The number of rotatable bonds is 7. The number of piperidine rings is 1. The Labute approximate surface area is 208 Å². The minimum atomic E-state index is 0. The van der Waals surface area contributed by atoms with Crippen molar-refractivity contribution in [1.82, 2.24) is 15.5 Å². The van der Waals surface area contributed by atoms with Crippen molar-refractivity contribution < 1.29 is 0 Å². The zero-order chi connectivity index (χ0) is 20.6. The van der Waals surface area contributed by atoms with Crippen molar-refractivity contribution in [2.45, 2.75) is 51.7 Å². The van der Waals surface area contributed by atoms with Crippen LogP contribution in [0.4, 0.5) is 5.00 Å². The summed E-state index contributed by atoms with van der Waals surface area (Å²) in [5.74, 6) is 0.938. The summed E-state index contributed by atoms with van der Waals surface area (Å²) in [6.45, 7) is 9.52. The molecule has 0 atom stereocenters. The molecule has 1 aromatic heterocycles. The van der Waals surface area contributed by atoms with E-state index in [2.05, 4.69) is 69.1 Å². The molecule has 0 saturated carbocycles. The fourth-order valence-corrected chi connectivity index (χ4v) is 5.11. The number of hydrogen-bond acceptors (Lipinski definition) is 4. The molecule has 4 rings (SSSR count). The average Bonchev–Trinajstić information content (AvgIpc) is 3.48. The normalized spacial score (nSPS) is 18.1. The maximum Gasteiger partial charge on any atom is 0.191 e. The molecule has 0 amide bonds. The van der Waals surface area contributed by atoms with Crippen molar-refractivity contribution in [3.63, 3.8) is 0 Å². The molecular formula is C24H36IN5S. The molecule has 3 heterocycles. The molecule has 1 aromatic carbocycles. The second-order valence-electron chi connectivity index (χ2n) is 8.35. The smallest absolute Gasteiger partial charge is 0.191 e. The van der Waals surface area contributed by atoms with Gasteiger partial charge in [-0.2, -0.15) is 0 Å². The topological polar surface area (TPSA) is 42.9 Å². The van der Waals surface area contributed by atoms with E-state index in [1.165, 1.54) is 42.1 Å². The molecule has 0 unspecified atom stereocenters. The van der Waals surface area contributed by atoms with Crippen LogP contribution in [-0.4, -0.2) is 49.6 Å². The maximum atomic E-state index is 4.85. The molecule has 2 aromatic rings. The average molecular weight is 554 g/mol. The van der Waals surface area contributed by atoms with E-state index >= 15 is 0 Å². The third kappa shape index (κ3) is 7.36. The summed E-state index contributed by atoms with van der Waals surface area (Å²) in [5.41, 5.74) is 2.68. The number of nitrogens with zero attached hydrogens (tertiary/aromatic N) is 3. The lowest BCUT2D eigenvalue weighted by Crippen LogP contribution is -2.48. The van der Waals surface area contributed by atoms with Crippen LogP contribution in [0.5, 0.6) is 0 Å². The fourth-order valence-electron chi connectivity index (χ4n) is 4.33. The molecule has 0 spiro atoms. The lowest BCUT2D eigenvalue weighted by molar-refractivity contribution is 0.331. The van der Waals surface area contributed by atoms with Crippen LogP contribution in [0.25, 0.3) is 0 Å². The third-order valence-corrected chi connectivity index (χ3v) is 6.97. The van der Waals surface area contributed by atoms with Gasteiger partial charge in [-0.3, -0.25) is 4.90 Å². The van der Waals surface area contributed by atoms with E-state index in [4.69, 9.17) is 4.99 Å². The molecule has 2 aliphatic heterocycles. The van der Waals surface area contributed by atoms with Crippen molar-refractivity contribution in [3.05, 3.63) is 52.9 Å². The molecule has 2 aliphatic rings. The molecular weight excluding hydrogens is 517 g/mol. The highest BCUT2D eigenvalue weighted by Gasteiger charge is 2.20. The summed E-state index contributed by atoms with van der Waals surface area (Å²) >= 11 is 1.83. The Morgan fingerprint density at radius 1 is 1.03 bits per heavy atom. The molecule has 2 fully saturated rings. The zero-order valence-corrected chi connectivity index (χ0v) is 21.7. The molecule has 2 N–H and O–H groups in total. The fraction of sp³-hybridized carbons (Fsp3) is 0.542. The zero-order valence-electron chi connectivity index (χ0n) is 18.6. The van der Waals surface area contributed by atoms with Gasteiger partial charge in [0.15, 0.2) is 5.96 Å². The summed E-state index contributed by atoms with van der Waals surface area (Å²) in [6.07, 6.45) is 4.99. The number of halogens is 1. The molecule has 2 saturated heterocycles. The van der Waals surface area contributed by atoms with Gasteiger partial charge in [0.05, 0.1) is 11.5 Å². The van der Waals surface area contributed by atoms with Crippen LogP contribution in [-0.2, 0) is 13.1 Å². The Kier molecular flexibility index (Phi) is 9.93. The Balaban J connectivity index is 0.00000272. The third-order valence-electron chi connectivity index (χ3n) is 6.05. The highest BCUT2D eigenvalue weighted by atomic mass is 127. The molecule has 0 radical (unpaired) electrons. The Morgan fingerprint density at radius 2 is 1.74 bits per heavy atom. The Hall–Kier alpha value is -1.32. The second-order valence-corrected chi connectivity index (χ2v) is 9.28. The first-order valence-electron chi connectivity index (χ1n) is 11.4. The predicted molar refractivity (Wildman–Crippen MR) is 144 cm³/mol. The van der Waals surface area contributed by atoms with Crippen molar-refractivity contribution in [2.75, 3.05) is 37.6 Å². The van der Waals surface area contributed by atoms with Gasteiger partial charge in [0.2, 0.25) is 0 Å². The van der Waals surface area contributed by atoms with E-state index < -0.39 is 0 Å². The molecule has 0 bridgehead atoms. The highest BCUT2D eigenvalue weighted by molar-refractivity contribution is 14.0. The van der Waals surface area contributed by atoms with Gasteiger partial charge in [-0.05, 0) is 74.3 Å². The lowest BCUT2D eigenvalue weighted by atomic mass is 10.1. The summed E-state index contributed by atoms with van der Waals surface area (Å²) in [7, 11) is 0. The second kappa shape index (κ2) is 12.6. The molecule has 7 heteroatoms. The summed E-state index contributed by atoms with van der Waals surface area (Å²) < 4.78 is 0. The van der Waals surface area contributed by atoms with Gasteiger partial charge in [-0.25, -0.2) is 4.99 Å². The summed E-state index contributed by atoms with van der Waals surface area (Å²) in [5, 5.41) is 10.6. The van der Waals surface area contributed by atoms with Gasteiger partial charge in [0.1, 0.15) is 0 Å². The van der Waals surface area contributed by atoms with E-state index in [1.54, 1.807) is 0 Å². The molecule has 31 heavy (non-hydrogen) atoms. The van der Waals surface area contributed by atoms with E-state index in [0.717, 1.165) is 45.0 Å². The summed E-state index contributed by atoms with van der Waals surface area (Å²) in [4.78, 5) is 9.89. The monoisotopic (exact) mass is 553 g/mol. The molecule has 5 nitrogen and oxygen atoms in total. The quantitative estimate of drug-likeness (QED) is 0.297. The van der Waals surface area contributed by atoms with Crippen LogP contribution in [0.2, 0.25) is 0 Å². The van der Waals surface area contributed by atoms with Crippen LogP contribution in [0.15, 0.2) is 46.8 Å². The van der Waals surface area contributed by atoms with Gasteiger partial charge in [0, 0.05) is 32.2 Å². The number of benzene rings is 1. The van der Waals surface area contributed by atoms with Gasteiger partial charge >= 0.3 is 0 Å². The number of anilines is 1. The van der Waals surface area contributed by atoms with Gasteiger partial charge in [-0.1, -0.05) is 24.3 Å². The maximum absolute atomic E-state index is 4.85. The first-order valence-corrected chi connectivity index (χ1v) is 12.3. The number of guanidine groups is 1. The SMILES string of the molecule is CCNC(=NCc1ccc(CN2CCCC2)cc1)NC1CCN(c2cccs2)CC1.I. The first-order chi connectivity index (χ1) is 14.8. The minimum Gasteiger partial charge on any atom is -0.363 e. The lowest BCUT2D eigenvalue weighted by Gasteiger charge is -2.33. The van der Waals surface area contributed by atoms with Crippen molar-refractivity contribution in [2.24, 2.45) is 4.99 Å². The first kappa shape index (κ1) is 24.3. The predicted octanol–water partition coefficient (Wildman–Crippen LogP) is 4.69. The Morgan fingerprint density at radius 3 is 2.39 bits per heavy atom. The van der Waals surface area contributed by atoms with Gasteiger partial charge in [-0.15, -0.1) is 35.3 Å². The van der Waals surface area contributed by atoms with E-state index in [0.29, 0.717) is 12.6 Å². The van der Waals surface area contributed by atoms with Gasteiger partial charge < -0.3 is 15.5 Å². The highest BCUT2D eigenvalue weighted by Crippen LogP contribution is 2.24. The van der Waals surface area contributed by atoms with Crippen LogP contribution >= 0.6 is 35.3 Å². The number of thiophene rings is 1. The standard InChI is InChI=1S/C24H35N5S.HI/c1-2-25-24(27-22-11-15-29(16-12-22)23-6-5-17-30-23)26-18-20-7-9-21(10-8-20)19-28-13-3-4-14-28;/h5-10,17,22H,2-4,11-16,18-19H2,1H3,(H2,25,26,27);1H. The summed E-state index contributed by atoms with van der Waals surface area (Å²) in [6, 6.07) is 13.9. The minimum absolute atomic E-state index is 0. The van der Waals surface area contributed by atoms with Gasteiger partial charge in [0.25, 0.3) is 0 Å². The number of nitrogens with one attached hydrogen (secondary N) is 2. The molecule has 170 valence electrons. The van der Waals surface area contributed by atoms with E-state index in [1.807, 2.05) is 11.3 Å². The van der Waals surface area contributed by atoms with Crippen molar-refractivity contribution in [1.29, 1.82) is 0 Å². The van der Waals surface area contributed by atoms with Crippen LogP contribution in [0, 0.1) is 0 Å². The van der Waals surface area contributed by atoms with Crippen molar-refractivity contribution in [3.8, 4) is 0 Å². The van der Waals surface area contributed by atoms with E-state index in [9.17, 15) is 0 Å². The number of likely N-dealkylation sites (tertiary alicyclic amines) is 1. The Bertz CT molecular complexity index is 779. The van der Waals surface area contributed by atoms with Crippen LogP contribution in [0.3, 0.4) is 0 Å². The largest absolute Gasteiger partial charge is 0.363 e.